The minimum absolute atomic E-state index is 0.620. The van der Waals surface area contributed by atoms with E-state index in [0.29, 0.717) is 11.3 Å². The SMILES string of the molecule is C=C/C=C(\c1cc(-c2[nH]nc3ncc(-c4cncc(N)c4)cc23)[nH]c1C)N1CCN(C)CC1.CC. The summed E-state index contributed by atoms with van der Waals surface area (Å²) < 4.78 is 0. The van der Waals surface area contributed by atoms with Crippen molar-refractivity contribution in [2.45, 2.75) is 20.8 Å². The predicted octanol–water partition coefficient (Wildman–Crippen LogP) is 4.71. The number of piperazine rings is 1. The number of nitrogens with zero attached hydrogens (tertiary/aromatic N) is 5. The standard InChI is InChI=1S/C25H28N8.C2H6/c1-4-5-23(33-8-6-32(3)7-9-33)20-12-22(29-16(20)2)24-21-11-18(14-28-25(21)31-30-24)17-10-19(26)15-27-13-17;1-2/h4-5,10-15,29H,1,6-9,26H2,2-3H3,(H,28,30,31);1-2H3/b23-5+;. The maximum atomic E-state index is 5.93. The van der Waals surface area contributed by atoms with E-state index in [1.165, 1.54) is 11.3 Å². The Kier molecular flexibility index (Phi) is 7.31. The highest BCUT2D eigenvalue weighted by molar-refractivity contribution is 5.93. The van der Waals surface area contributed by atoms with Gasteiger partial charge in [0.2, 0.25) is 0 Å². The van der Waals surface area contributed by atoms with Crippen LogP contribution in [0.1, 0.15) is 25.1 Å². The molecule has 1 fully saturated rings. The lowest BCUT2D eigenvalue weighted by molar-refractivity contribution is 0.207. The first-order chi connectivity index (χ1) is 17.0. The number of aromatic nitrogens is 5. The summed E-state index contributed by atoms with van der Waals surface area (Å²) >= 11 is 0. The van der Waals surface area contributed by atoms with E-state index in [2.05, 4.69) is 73.7 Å². The lowest BCUT2D eigenvalue weighted by Gasteiger charge is -2.35. The maximum Gasteiger partial charge on any atom is 0.181 e. The molecule has 8 nitrogen and oxygen atoms in total. The van der Waals surface area contributed by atoms with Crippen molar-refractivity contribution in [2.75, 3.05) is 39.0 Å². The molecule has 1 aliphatic heterocycles. The smallest absolute Gasteiger partial charge is 0.181 e. The fourth-order valence-electron chi connectivity index (χ4n) is 4.36. The topological polar surface area (TPSA) is 103 Å². The lowest BCUT2D eigenvalue weighted by atomic mass is 10.1. The van der Waals surface area contributed by atoms with Crippen LogP contribution in [0, 0.1) is 6.92 Å². The highest BCUT2D eigenvalue weighted by Gasteiger charge is 2.21. The second-order valence-electron chi connectivity index (χ2n) is 8.50. The Balaban J connectivity index is 0.00000141. The van der Waals surface area contributed by atoms with Crippen LogP contribution >= 0.6 is 0 Å². The molecule has 0 bridgehead atoms. The van der Waals surface area contributed by atoms with Gasteiger partial charge in [0.05, 0.1) is 17.1 Å². The summed E-state index contributed by atoms with van der Waals surface area (Å²) in [6.45, 7) is 14.1. The fraction of sp³-hybridized carbons (Fsp3) is 0.296. The predicted molar refractivity (Wildman–Crippen MR) is 145 cm³/mol. The Morgan fingerprint density at radius 2 is 1.80 bits per heavy atom. The molecule has 4 aromatic heterocycles. The first-order valence-electron chi connectivity index (χ1n) is 12.0. The molecule has 0 spiro atoms. The molecule has 0 radical (unpaired) electrons. The fourth-order valence-corrected chi connectivity index (χ4v) is 4.36. The van der Waals surface area contributed by atoms with Gasteiger partial charge in [-0.3, -0.25) is 10.1 Å². The Hall–Kier alpha value is -3.91. The third kappa shape index (κ3) is 4.97. The molecule has 4 N–H and O–H groups in total. The number of aryl methyl sites for hydroxylation is 1. The van der Waals surface area contributed by atoms with Gasteiger partial charge in [-0.1, -0.05) is 26.5 Å². The summed E-state index contributed by atoms with van der Waals surface area (Å²) in [4.78, 5) is 17.1. The van der Waals surface area contributed by atoms with E-state index in [4.69, 9.17) is 5.73 Å². The van der Waals surface area contributed by atoms with Gasteiger partial charge in [-0.15, -0.1) is 0 Å². The number of allylic oxidation sites excluding steroid dienone is 2. The van der Waals surface area contributed by atoms with Crippen molar-refractivity contribution in [1.82, 2.24) is 34.9 Å². The molecule has 8 heteroatoms. The molecule has 182 valence electrons. The summed E-state index contributed by atoms with van der Waals surface area (Å²) in [5.41, 5.74) is 14.4. The van der Waals surface area contributed by atoms with Gasteiger partial charge in [-0.2, -0.15) is 5.10 Å². The largest absolute Gasteiger partial charge is 0.397 e. The van der Waals surface area contributed by atoms with Crippen molar-refractivity contribution in [1.29, 1.82) is 0 Å². The zero-order valence-electron chi connectivity index (χ0n) is 21.0. The number of hydrogen-bond acceptors (Lipinski definition) is 6. The highest BCUT2D eigenvalue weighted by Crippen LogP contribution is 2.33. The molecule has 0 atom stereocenters. The Labute approximate surface area is 206 Å². The highest BCUT2D eigenvalue weighted by atomic mass is 15.3. The zero-order valence-corrected chi connectivity index (χ0v) is 21.0. The number of hydrogen-bond donors (Lipinski definition) is 3. The van der Waals surface area contributed by atoms with E-state index in [0.717, 1.165) is 59.8 Å². The van der Waals surface area contributed by atoms with Crippen LogP contribution in [0.5, 0.6) is 0 Å². The average molecular weight is 471 g/mol. The molecule has 1 saturated heterocycles. The summed E-state index contributed by atoms with van der Waals surface area (Å²) in [6.07, 6.45) is 9.19. The quantitative estimate of drug-likeness (QED) is 0.365. The minimum atomic E-state index is 0.620. The molecule has 1 aliphatic rings. The van der Waals surface area contributed by atoms with Crippen molar-refractivity contribution in [2.24, 2.45) is 0 Å². The average Bonchev–Trinajstić information content (AvgIpc) is 3.47. The van der Waals surface area contributed by atoms with Crippen LogP contribution < -0.4 is 5.73 Å². The van der Waals surface area contributed by atoms with Crippen LogP contribution in [0.2, 0.25) is 0 Å². The Bertz CT molecular complexity index is 1340. The number of likely N-dealkylation sites (N-methyl/N-ethyl adjacent to an activating group) is 1. The Morgan fingerprint density at radius 1 is 1.06 bits per heavy atom. The summed E-state index contributed by atoms with van der Waals surface area (Å²) in [5, 5.41) is 8.54. The number of nitrogens with one attached hydrogen (secondary N) is 2. The molecule has 0 amide bonds. The molecule has 5 rings (SSSR count). The summed E-state index contributed by atoms with van der Waals surface area (Å²) in [5.74, 6) is 0. The number of fused-ring (bicyclic) bond motifs is 1. The van der Waals surface area contributed by atoms with Gasteiger partial charge in [0.1, 0.15) is 0 Å². The molecule has 5 heterocycles. The first kappa shape index (κ1) is 24.2. The zero-order chi connectivity index (χ0) is 24.9. The molecule has 0 unspecified atom stereocenters. The Morgan fingerprint density at radius 3 is 2.51 bits per heavy atom. The molecule has 0 saturated carbocycles. The normalized spacial score (nSPS) is 14.6. The van der Waals surface area contributed by atoms with E-state index >= 15 is 0 Å². The monoisotopic (exact) mass is 470 g/mol. The number of anilines is 1. The molecule has 0 aromatic carbocycles. The second-order valence-corrected chi connectivity index (χ2v) is 8.50. The van der Waals surface area contributed by atoms with E-state index in [9.17, 15) is 0 Å². The van der Waals surface area contributed by atoms with Gasteiger partial charge >= 0.3 is 0 Å². The first-order valence-corrected chi connectivity index (χ1v) is 12.0. The lowest BCUT2D eigenvalue weighted by Crippen LogP contribution is -2.43. The van der Waals surface area contributed by atoms with Gasteiger partial charge in [-0.05, 0) is 38.2 Å². The number of pyridine rings is 2. The summed E-state index contributed by atoms with van der Waals surface area (Å²) in [6, 6.07) is 6.16. The van der Waals surface area contributed by atoms with Crippen LogP contribution in [-0.2, 0) is 0 Å². The number of H-pyrrole nitrogens is 2. The van der Waals surface area contributed by atoms with Crippen LogP contribution in [0.25, 0.3) is 39.2 Å². The van der Waals surface area contributed by atoms with Crippen molar-refractivity contribution in [3.8, 4) is 22.5 Å². The molecule has 0 aliphatic carbocycles. The van der Waals surface area contributed by atoms with Crippen molar-refractivity contribution >= 4 is 22.4 Å². The van der Waals surface area contributed by atoms with Crippen molar-refractivity contribution in [3.05, 3.63) is 66.8 Å². The van der Waals surface area contributed by atoms with Gasteiger partial charge in [-0.25, -0.2) is 4.98 Å². The van der Waals surface area contributed by atoms with E-state index < -0.39 is 0 Å². The maximum absolute atomic E-state index is 5.93. The molecule has 35 heavy (non-hydrogen) atoms. The molecule has 4 aromatic rings. The third-order valence-corrected chi connectivity index (χ3v) is 6.18. The van der Waals surface area contributed by atoms with Crippen LogP contribution in [-0.4, -0.2) is 68.2 Å². The van der Waals surface area contributed by atoms with Crippen molar-refractivity contribution in [3.63, 3.8) is 0 Å². The number of rotatable bonds is 5. The van der Waals surface area contributed by atoms with Crippen LogP contribution in [0.3, 0.4) is 0 Å². The minimum Gasteiger partial charge on any atom is -0.397 e. The second kappa shape index (κ2) is 10.6. The summed E-state index contributed by atoms with van der Waals surface area (Å²) in [7, 11) is 2.17. The molecular formula is C27H34N8. The van der Waals surface area contributed by atoms with E-state index in [1.54, 1.807) is 18.6 Å². The number of nitrogen functional groups attached to an aromatic ring is 1. The third-order valence-electron chi connectivity index (χ3n) is 6.18. The molecular weight excluding hydrogens is 436 g/mol. The number of nitrogens with two attached hydrogens (primary N) is 1. The van der Waals surface area contributed by atoms with Gasteiger partial charge in [0.25, 0.3) is 0 Å². The number of aromatic amines is 2. The van der Waals surface area contributed by atoms with Gasteiger partial charge in [0.15, 0.2) is 5.65 Å². The van der Waals surface area contributed by atoms with Crippen molar-refractivity contribution < 1.29 is 0 Å². The van der Waals surface area contributed by atoms with Gasteiger partial charge < -0.3 is 20.5 Å². The van der Waals surface area contributed by atoms with Gasteiger partial charge in [0, 0.05) is 78.2 Å². The van der Waals surface area contributed by atoms with E-state index in [1.807, 2.05) is 26.0 Å². The van der Waals surface area contributed by atoms with Crippen LogP contribution in [0.15, 0.2) is 55.5 Å². The van der Waals surface area contributed by atoms with E-state index in [-0.39, 0.29) is 0 Å². The van der Waals surface area contributed by atoms with Crippen LogP contribution in [0.4, 0.5) is 5.69 Å².